The van der Waals surface area contributed by atoms with Crippen molar-refractivity contribution in [3.05, 3.63) is 0 Å². The van der Waals surface area contributed by atoms with Gasteiger partial charge in [-0.05, 0) is 0 Å². The average molecular weight is 179 g/mol. The first kappa shape index (κ1) is 7.86. The van der Waals surface area contributed by atoms with Crippen LogP contribution in [0.2, 0.25) is 4.82 Å². The zero-order valence-electron chi connectivity index (χ0n) is 4.84. The molecule has 0 aromatic carbocycles. The molecule has 0 rings (SSSR count). The molecule has 0 aliphatic heterocycles. The van der Waals surface area contributed by atoms with Gasteiger partial charge in [0, 0.05) is 0 Å². The first-order chi connectivity index (χ1) is 3.55. The number of hydrogen-bond donors (Lipinski definition) is 0. The van der Waals surface area contributed by atoms with Gasteiger partial charge in [-0.2, -0.15) is 0 Å². The summed E-state index contributed by atoms with van der Waals surface area (Å²) < 4.78 is 0. The summed E-state index contributed by atoms with van der Waals surface area (Å²) in [5.41, 5.74) is 0. The van der Waals surface area contributed by atoms with Crippen molar-refractivity contribution in [2.45, 2.75) is 18.7 Å². The molecule has 0 saturated carbocycles. The van der Waals surface area contributed by atoms with Gasteiger partial charge in [0.05, 0.1) is 0 Å². The molecule has 0 spiro atoms. The quantitative estimate of drug-likeness (QED) is 0.436. The van der Waals surface area contributed by atoms with E-state index >= 15 is 0 Å². The second-order valence-electron chi connectivity index (χ2n) is 1.62. The molecular formula is C5H8O2Se. The molecular weight excluding hydrogens is 171 g/mol. The van der Waals surface area contributed by atoms with E-state index < -0.39 is 4.82 Å². The molecule has 0 amide bonds. The summed E-state index contributed by atoms with van der Waals surface area (Å²) >= 11 is 2.05. The maximum atomic E-state index is 10.3. The van der Waals surface area contributed by atoms with Crippen molar-refractivity contribution in [3.63, 3.8) is 0 Å². The number of rotatable bonds is 2. The molecule has 0 atom stereocenters. The molecule has 0 aromatic heterocycles. The zero-order chi connectivity index (χ0) is 6.73. The average Bonchev–Trinajstić information content (AvgIpc) is 1.64. The van der Waals surface area contributed by atoms with Crippen LogP contribution < -0.4 is 0 Å². The Morgan fingerprint density at radius 1 is 1.25 bits per heavy atom. The van der Waals surface area contributed by atoms with E-state index in [0.29, 0.717) is 0 Å². The number of Topliss-reactive ketones (excluding diaryl/α,β-unsaturated/α-hetero) is 2. The number of ketones is 2. The van der Waals surface area contributed by atoms with Crippen LogP contribution in [0, 0.1) is 0 Å². The van der Waals surface area contributed by atoms with Crippen LogP contribution in [0.1, 0.15) is 13.8 Å². The number of hydrogen-bond acceptors (Lipinski definition) is 2. The Labute approximate surface area is 56.5 Å². The standard InChI is InChI=1S/C5H8O2Se/c1-3(6)5(8)4(2)7/h5,8H,1-2H3. The van der Waals surface area contributed by atoms with Crippen molar-refractivity contribution in [2.75, 3.05) is 0 Å². The summed E-state index contributed by atoms with van der Waals surface area (Å²) in [5.74, 6) is -0.171. The zero-order valence-corrected chi connectivity index (χ0v) is 6.72. The van der Waals surface area contributed by atoms with Crippen molar-refractivity contribution in [1.29, 1.82) is 0 Å². The molecule has 46 valence electrons. The third-order valence-corrected chi connectivity index (χ3v) is 2.30. The van der Waals surface area contributed by atoms with Gasteiger partial charge in [-0.3, -0.25) is 0 Å². The Kier molecular flexibility index (Phi) is 2.95. The predicted molar refractivity (Wildman–Crippen MR) is 32.3 cm³/mol. The van der Waals surface area contributed by atoms with Crippen LogP contribution in [-0.2, 0) is 9.59 Å². The van der Waals surface area contributed by atoms with Gasteiger partial charge in [-0.15, -0.1) is 0 Å². The Hall–Kier alpha value is -0.141. The van der Waals surface area contributed by atoms with Crippen LogP contribution in [0.5, 0.6) is 0 Å². The van der Waals surface area contributed by atoms with Gasteiger partial charge in [0.2, 0.25) is 0 Å². The van der Waals surface area contributed by atoms with Crippen molar-refractivity contribution in [2.24, 2.45) is 0 Å². The van der Waals surface area contributed by atoms with E-state index in [-0.39, 0.29) is 11.6 Å². The third-order valence-electron chi connectivity index (χ3n) is 0.770. The molecule has 8 heavy (non-hydrogen) atoms. The first-order valence-electron chi connectivity index (χ1n) is 2.24. The molecule has 0 fully saturated rings. The van der Waals surface area contributed by atoms with E-state index in [0.717, 1.165) is 0 Å². The topological polar surface area (TPSA) is 34.1 Å². The molecule has 0 N–H and O–H groups in total. The Balaban J connectivity index is 3.83. The third kappa shape index (κ3) is 2.24. The summed E-state index contributed by atoms with van der Waals surface area (Å²) in [4.78, 5) is 20.2. The van der Waals surface area contributed by atoms with Crippen LogP contribution >= 0.6 is 0 Å². The molecule has 0 aliphatic rings. The van der Waals surface area contributed by atoms with E-state index in [1.165, 1.54) is 13.8 Å². The van der Waals surface area contributed by atoms with E-state index in [4.69, 9.17) is 0 Å². The summed E-state index contributed by atoms with van der Waals surface area (Å²) in [6.07, 6.45) is 0. The van der Waals surface area contributed by atoms with Gasteiger partial charge in [0.15, 0.2) is 0 Å². The molecule has 2 nitrogen and oxygen atoms in total. The van der Waals surface area contributed by atoms with Crippen LogP contribution in [0.4, 0.5) is 0 Å². The van der Waals surface area contributed by atoms with Crippen molar-refractivity contribution in [3.8, 4) is 0 Å². The van der Waals surface area contributed by atoms with Gasteiger partial charge < -0.3 is 0 Å². The van der Waals surface area contributed by atoms with Gasteiger partial charge in [-0.25, -0.2) is 0 Å². The van der Waals surface area contributed by atoms with E-state index in [1.807, 2.05) is 16.0 Å². The van der Waals surface area contributed by atoms with Gasteiger partial charge in [-0.1, -0.05) is 0 Å². The first-order valence-corrected chi connectivity index (χ1v) is 3.33. The molecule has 0 aromatic rings. The number of carbonyl (C=O) groups is 2. The van der Waals surface area contributed by atoms with Gasteiger partial charge >= 0.3 is 55.8 Å². The van der Waals surface area contributed by atoms with Gasteiger partial charge in [0.1, 0.15) is 0 Å². The van der Waals surface area contributed by atoms with E-state index in [2.05, 4.69) is 0 Å². The SMILES string of the molecule is CC(=O)C([SeH])C(C)=O. The fourth-order valence-electron chi connectivity index (χ4n) is 0.286. The van der Waals surface area contributed by atoms with Crippen molar-refractivity contribution >= 4 is 27.6 Å². The minimum absolute atomic E-state index is 0.0856. The second kappa shape index (κ2) is 3.00. The summed E-state index contributed by atoms with van der Waals surface area (Å²) in [7, 11) is 0. The number of carbonyl (C=O) groups excluding carboxylic acids is 2. The monoisotopic (exact) mass is 180 g/mol. The molecule has 0 heterocycles. The summed E-state index contributed by atoms with van der Waals surface area (Å²) in [6.45, 7) is 2.81. The molecule has 0 radical (unpaired) electrons. The fraction of sp³-hybridized carbons (Fsp3) is 0.600. The second-order valence-corrected chi connectivity index (χ2v) is 2.71. The van der Waals surface area contributed by atoms with E-state index in [9.17, 15) is 9.59 Å². The predicted octanol–water partition coefficient (Wildman–Crippen LogP) is -0.146. The van der Waals surface area contributed by atoms with E-state index in [1.54, 1.807) is 0 Å². The van der Waals surface area contributed by atoms with Gasteiger partial charge in [0.25, 0.3) is 0 Å². The molecule has 0 bridgehead atoms. The van der Waals surface area contributed by atoms with Crippen LogP contribution in [0.25, 0.3) is 0 Å². The molecule has 3 heteroatoms. The Bertz CT molecular complexity index is 106. The van der Waals surface area contributed by atoms with Crippen molar-refractivity contribution in [1.82, 2.24) is 0 Å². The summed E-state index contributed by atoms with van der Waals surface area (Å²) in [6, 6.07) is 0. The fourth-order valence-corrected chi connectivity index (χ4v) is 0.286. The normalized spacial score (nSPS) is 9.50. The van der Waals surface area contributed by atoms with Crippen LogP contribution in [-0.4, -0.2) is 27.6 Å². The van der Waals surface area contributed by atoms with Crippen LogP contribution in [0.3, 0.4) is 0 Å². The Morgan fingerprint density at radius 3 is 1.50 bits per heavy atom. The molecule has 0 unspecified atom stereocenters. The molecule has 0 saturated heterocycles. The van der Waals surface area contributed by atoms with Crippen molar-refractivity contribution < 1.29 is 9.59 Å². The summed E-state index contributed by atoms with van der Waals surface area (Å²) in [5, 5.41) is 0. The van der Waals surface area contributed by atoms with Crippen LogP contribution in [0.15, 0.2) is 0 Å². The minimum atomic E-state index is -0.470. The Morgan fingerprint density at radius 2 is 1.50 bits per heavy atom. The maximum absolute atomic E-state index is 10.3. The molecule has 0 aliphatic carbocycles.